The SMILES string of the molecule is COc1cccc([C@@H]2[C@H](NC(=O)c3ccn[nH]3)CCN2C2CC2)c1. The number of hydrogen-bond donors (Lipinski definition) is 2. The molecule has 2 fully saturated rings. The summed E-state index contributed by atoms with van der Waals surface area (Å²) in [4.78, 5) is 15.0. The minimum atomic E-state index is -0.0944. The highest BCUT2D eigenvalue weighted by Crippen LogP contribution is 2.41. The van der Waals surface area contributed by atoms with Gasteiger partial charge < -0.3 is 10.1 Å². The lowest BCUT2D eigenvalue weighted by Gasteiger charge is -2.29. The van der Waals surface area contributed by atoms with Gasteiger partial charge in [-0.3, -0.25) is 14.8 Å². The maximum absolute atomic E-state index is 12.4. The van der Waals surface area contributed by atoms with Gasteiger partial charge in [0.15, 0.2) is 0 Å². The second-order valence-electron chi connectivity index (χ2n) is 6.53. The van der Waals surface area contributed by atoms with Crippen molar-refractivity contribution in [3.63, 3.8) is 0 Å². The van der Waals surface area contributed by atoms with Crippen LogP contribution in [-0.2, 0) is 0 Å². The molecule has 4 rings (SSSR count). The summed E-state index contributed by atoms with van der Waals surface area (Å²) in [6.07, 6.45) is 5.06. The first-order valence-electron chi connectivity index (χ1n) is 8.46. The minimum Gasteiger partial charge on any atom is -0.497 e. The first-order valence-corrected chi connectivity index (χ1v) is 8.46. The van der Waals surface area contributed by atoms with Gasteiger partial charge in [-0.2, -0.15) is 5.10 Å². The van der Waals surface area contributed by atoms with Gasteiger partial charge in [-0.25, -0.2) is 0 Å². The molecule has 0 bridgehead atoms. The van der Waals surface area contributed by atoms with Gasteiger partial charge in [0.25, 0.3) is 5.91 Å². The quantitative estimate of drug-likeness (QED) is 0.883. The van der Waals surface area contributed by atoms with Gasteiger partial charge in [0.2, 0.25) is 0 Å². The van der Waals surface area contributed by atoms with E-state index >= 15 is 0 Å². The Kier molecular flexibility index (Phi) is 3.98. The number of nitrogens with one attached hydrogen (secondary N) is 2. The number of likely N-dealkylation sites (tertiary alicyclic amines) is 1. The van der Waals surface area contributed by atoms with Crippen LogP contribution in [0.4, 0.5) is 0 Å². The van der Waals surface area contributed by atoms with Crippen molar-refractivity contribution in [2.75, 3.05) is 13.7 Å². The molecule has 1 aromatic carbocycles. The van der Waals surface area contributed by atoms with Crippen molar-refractivity contribution in [1.82, 2.24) is 20.4 Å². The van der Waals surface area contributed by atoms with Crippen LogP contribution in [0.1, 0.15) is 41.4 Å². The lowest BCUT2D eigenvalue weighted by Crippen LogP contribution is -2.40. The topological polar surface area (TPSA) is 70.2 Å². The fourth-order valence-electron chi connectivity index (χ4n) is 3.66. The summed E-state index contributed by atoms with van der Waals surface area (Å²) >= 11 is 0. The highest BCUT2D eigenvalue weighted by atomic mass is 16.5. The van der Waals surface area contributed by atoms with Crippen LogP contribution in [0.25, 0.3) is 0 Å². The van der Waals surface area contributed by atoms with E-state index in [9.17, 15) is 4.79 Å². The summed E-state index contributed by atoms with van der Waals surface area (Å²) in [7, 11) is 1.68. The summed E-state index contributed by atoms with van der Waals surface area (Å²) in [5, 5.41) is 9.78. The number of hydrogen-bond acceptors (Lipinski definition) is 4. The average Bonchev–Trinajstić information content (AvgIpc) is 3.14. The van der Waals surface area contributed by atoms with Gasteiger partial charge in [-0.15, -0.1) is 0 Å². The lowest BCUT2D eigenvalue weighted by atomic mass is 9.99. The molecule has 0 unspecified atom stereocenters. The maximum atomic E-state index is 12.4. The Morgan fingerprint density at radius 3 is 2.92 bits per heavy atom. The third-order valence-electron chi connectivity index (χ3n) is 4.95. The Balaban J connectivity index is 1.59. The average molecular weight is 326 g/mol. The zero-order valence-corrected chi connectivity index (χ0v) is 13.7. The fourth-order valence-corrected chi connectivity index (χ4v) is 3.66. The fraction of sp³-hybridized carbons (Fsp3) is 0.444. The van der Waals surface area contributed by atoms with Gasteiger partial charge in [-0.05, 0) is 43.0 Å². The first kappa shape index (κ1) is 15.2. The third kappa shape index (κ3) is 2.89. The van der Waals surface area contributed by atoms with E-state index < -0.39 is 0 Å². The maximum Gasteiger partial charge on any atom is 0.269 e. The van der Waals surface area contributed by atoms with Gasteiger partial charge in [0, 0.05) is 18.8 Å². The molecule has 126 valence electrons. The lowest BCUT2D eigenvalue weighted by molar-refractivity contribution is 0.0918. The largest absolute Gasteiger partial charge is 0.497 e. The van der Waals surface area contributed by atoms with E-state index in [4.69, 9.17) is 4.74 Å². The number of rotatable bonds is 5. The highest BCUT2D eigenvalue weighted by molar-refractivity contribution is 5.92. The molecule has 6 heteroatoms. The molecule has 2 atom stereocenters. The normalized spacial score (nSPS) is 24.0. The number of ether oxygens (including phenoxy) is 1. The number of amides is 1. The van der Waals surface area contributed by atoms with E-state index in [1.165, 1.54) is 18.4 Å². The van der Waals surface area contributed by atoms with Crippen LogP contribution in [0.5, 0.6) is 5.75 Å². The first-order chi connectivity index (χ1) is 11.8. The number of carbonyl (C=O) groups is 1. The van der Waals surface area contributed by atoms with Crippen LogP contribution in [0.15, 0.2) is 36.5 Å². The molecule has 1 saturated carbocycles. The third-order valence-corrected chi connectivity index (χ3v) is 4.95. The summed E-state index contributed by atoms with van der Waals surface area (Å²) in [5.74, 6) is 0.761. The number of nitrogens with zero attached hydrogens (tertiary/aromatic N) is 2. The molecule has 6 nitrogen and oxygen atoms in total. The Morgan fingerprint density at radius 2 is 2.21 bits per heavy atom. The molecule has 0 radical (unpaired) electrons. The number of methoxy groups -OCH3 is 1. The Morgan fingerprint density at radius 1 is 1.33 bits per heavy atom. The van der Waals surface area contributed by atoms with E-state index in [1.807, 2.05) is 12.1 Å². The molecule has 2 heterocycles. The monoisotopic (exact) mass is 326 g/mol. The molecule has 2 N–H and O–H groups in total. The van der Waals surface area contributed by atoms with Gasteiger partial charge in [0.1, 0.15) is 11.4 Å². The standard InChI is InChI=1S/C18H22N4O2/c1-24-14-4-2-3-12(11-14)17-15(8-10-22(17)13-5-6-13)20-18(23)16-7-9-19-21-16/h2-4,7,9,11,13,15,17H,5-6,8,10H2,1H3,(H,19,21)(H,20,23)/t15-,17-/m1/s1. The van der Waals surface area contributed by atoms with Crippen LogP contribution >= 0.6 is 0 Å². The van der Waals surface area contributed by atoms with Gasteiger partial charge in [-0.1, -0.05) is 12.1 Å². The van der Waals surface area contributed by atoms with E-state index in [0.29, 0.717) is 11.7 Å². The molecule has 0 spiro atoms. The van der Waals surface area contributed by atoms with E-state index in [-0.39, 0.29) is 18.0 Å². The second-order valence-corrected chi connectivity index (χ2v) is 6.53. The van der Waals surface area contributed by atoms with Crippen molar-refractivity contribution < 1.29 is 9.53 Å². The molecule has 1 saturated heterocycles. The number of H-pyrrole nitrogens is 1. The predicted molar refractivity (Wildman–Crippen MR) is 89.9 cm³/mol. The molecule has 2 aromatic rings. The number of aromatic amines is 1. The zero-order valence-electron chi connectivity index (χ0n) is 13.7. The van der Waals surface area contributed by atoms with Crippen LogP contribution in [0, 0.1) is 0 Å². The molecular formula is C18H22N4O2. The van der Waals surface area contributed by atoms with E-state index in [1.54, 1.807) is 19.4 Å². The second kappa shape index (κ2) is 6.28. The number of carbonyl (C=O) groups excluding carboxylic acids is 1. The van der Waals surface area contributed by atoms with Crippen molar-refractivity contribution in [3.8, 4) is 5.75 Å². The molecule has 1 aliphatic heterocycles. The smallest absolute Gasteiger partial charge is 0.269 e. The summed E-state index contributed by atoms with van der Waals surface area (Å²) in [6.45, 7) is 1.01. The predicted octanol–water partition coefficient (Wildman–Crippen LogP) is 2.13. The van der Waals surface area contributed by atoms with Gasteiger partial charge >= 0.3 is 0 Å². The highest BCUT2D eigenvalue weighted by Gasteiger charge is 2.43. The Hall–Kier alpha value is -2.34. The molecule has 1 aliphatic carbocycles. The van der Waals surface area contributed by atoms with Crippen molar-refractivity contribution >= 4 is 5.91 Å². The van der Waals surface area contributed by atoms with Crippen molar-refractivity contribution in [1.29, 1.82) is 0 Å². The number of benzene rings is 1. The van der Waals surface area contributed by atoms with Gasteiger partial charge in [0.05, 0.1) is 19.2 Å². The zero-order chi connectivity index (χ0) is 16.5. The van der Waals surface area contributed by atoms with Crippen LogP contribution in [0.2, 0.25) is 0 Å². The minimum absolute atomic E-state index is 0.0912. The molecule has 1 aromatic heterocycles. The molecule has 2 aliphatic rings. The molecule has 1 amide bonds. The van der Waals surface area contributed by atoms with Crippen molar-refractivity contribution in [3.05, 3.63) is 47.8 Å². The summed E-state index contributed by atoms with van der Waals surface area (Å²) < 4.78 is 5.38. The summed E-state index contributed by atoms with van der Waals surface area (Å²) in [5.41, 5.74) is 1.71. The molecular weight excluding hydrogens is 304 g/mol. The Labute approximate surface area is 141 Å². The Bertz CT molecular complexity index is 712. The molecule has 24 heavy (non-hydrogen) atoms. The summed E-state index contributed by atoms with van der Waals surface area (Å²) in [6, 6.07) is 10.8. The van der Waals surface area contributed by atoms with Crippen molar-refractivity contribution in [2.24, 2.45) is 0 Å². The van der Waals surface area contributed by atoms with Crippen LogP contribution in [-0.4, -0.2) is 46.7 Å². The van der Waals surface area contributed by atoms with Crippen LogP contribution < -0.4 is 10.1 Å². The van der Waals surface area contributed by atoms with E-state index in [2.05, 4.69) is 32.5 Å². The van der Waals surface area contributed by atoms with Crippen LogP contribution in [0.3, 0.4) is 0 Å². The number of aromatic nitrogens is 2. The van der Waals surface area contributed by atoms with E-state index in [0.717, 1.165) is 18.7 Å². The van der Waals surface area contributed by atoms with Crippen molar-refractivity contribution in [2.45, 2.75) is 37.4 Å².